The van der Waals surface area contributed by atoms with Crippen LogP contribution < -0.4 is 4.74 Å². The lowest BCUT2D eigenvalue weighted by Crippen LogP contribution is -2.04. The van der Waals surface area contributed by atoms with Crippen molar-refractivity contribution in [2.24, 2.45) is 0 Å². The van der Waals surface area contributed by atoms with Gasteiger partial charge in [-0.3, -0.25) is 14.9 Å². The molecule has 22 heavy (non-hydrogen) atoms. The Morgan fingerprint density at radius 1 is 1.14 bits per heavy atom. The standard InChI is InChI=1S/C12H4F4N2O4/c13-8-10(9(14)12(16)17-11(8)15)22-7-2-1-5(4-19)3-6(7)18(20)21/h1-4H. The van der Waals surface area contributed by atoms with Crippen LogP contribution in [0.3, 0.4) is 0 Å². The second kappa shape index (κ2) is 5.76. The molecule has 10 heteroatoms. The maximum atomic E-state index is 13.4. The first-order chi connectivity index (χ1) is 10.3. The molecule has 0 fully saturated rings. The Hall–Kier alpha value is -3.04. The molecule has 2 rings (SSSR count). The van der Waals surface area contributed by atoms with Crippen molar-refractivity contribution < 1.29 is 32.0 Å². The number of carbonyl (C=O) groups is 1. The number of aldehydes is 1. The van der Waals surface area contributed by atoms with E-state index in [2.05, 4.69) is 9.72 Å². The second-order valence-corrected chi connectivity index (χ2v) is 3.85. The van der Waals surface area contributed by atoms with Crippen LogP contribution in [0.2, 0.25) is 0 Å². The largest absolute Gasteiger partial charge is 0.444 e. The van der Waals surface area contributed by atoms with Crippen LogP contribution in [0, 0.1) is 33.6 Å². The van der Waals surface area contributed by atoms with Gasteiger partial charge < -0.3 is 4.74 Å². The Morgan fingerprint density at radius 2 is 1.73 bits per heavy atom. The van der Waals surface area contributed by atoms with Gasteiger partial charge in [0.2, 0.25) is 23.1 Å². The van der Waals surface area contributed by atoms with Gasteiger partial charge in [-0.2, -0.15) is 22.5 Å². The zero-order chi connectivity index (χ0) is 16.4. The molecule has 6 nitrogen and oxygen atoms in total. The smallest absolute Gasteiger partial charge is 0.312 e. The van der Waals surface area contributed by atoms with Crippen molar-refractivity contribution in [1.82, 2.24) is 4.98 Å². The molecule has 0 saturated carbocycles. The number of ether oxygens (including phenoxy) is 1. The SMILES string of the molecule is O=Cc1ccc(Oc2c(F)c(F)nc(F)c2F)c([N+](=O)[O-])c1. The van der Waals surface area contributed by atoms with Crippen LogP contribution in [0.25, 0.3) is 0 Å². The van der Waals surface area contributed by atoms with Gasteiger partial charge in [0.05, 0.1) is 4.92 Å². The Balaban J connectivity index is 2.57. The Morgan fingerprint density at radius 3 is 2.23 bits per heavy atom. The molecule has 0 aliphatic heterocycles. The minimum Gasteiger partial charge on any atom is -0.444 e. The minimum absolute atomic E-state index is 0.105. The molecule has 0 aliphatic carbocycles. The Labute approximate surface area is 119 Å². The summed E-state index contributed by atoms with van der Waals surface area (Å²) in [5, 5.41) is 10.8. The van der Waals surface area contributed by atoms with Gasteiger partial charge in [-0.05, 0) is 12.1 Å². The van der Waals surface area contributed by atoms with E-state index in [0.29, 0.717) is 6.29 Å². The summed E-state index contributed by atoms with van der Waals surface area (Å²) in [4.78, 5) is 22.7. The Kier molecular flexibility index (Phi) is 4.02. The summed E-state index contributed by atoms with van der Waals surface area (Å²) in [5.74, 6) is -10.1. The van der Waals surface area contributed by atoms with Crippen molar-refractivity contribution in [3.8, 4) is 11.5 Å². The number of aromatic nitrogens is 1. The summed E-state index contributed by atoms with van der Waals surface area (Å²) >= 11 is 0. The van der Waals surface area contributed by atoms with Crippen molar-refractivity contribution in [1.29, 1.82) is 0 Å². The van der Waals surface area contributed by atoms with Gasteiger partial charge in [0.25, 0.3) is 11.9 Å². The number of hydrogen-bond donors (Lipinski definition) is 0. The van der Waals surface area contributed by atoms with Gasteiger partial charge in [-0.25, -0.2) is 0 Å². The minimum atomic E-state index is -1.97. The van der Waals surface area contributed by atoms with Crippen LogP contribution in [-0.4, -0.2) is 16.2 Å². The highest BCUT2D eigenvalue weighted by molar-refractivity contribution is 5.77. The Bertz CT molecular complexity index is 756. The fraction of sp³-hybridized carbons (Fsp3) is 0. The third-order valence-corrected chi connectivity index (χ3v) is 2.49. The predicted octanol–water partition coefficient (Wildman–Crippen LogP) is 3.15. The molecule has 1 heterocycles. The molecule has 0 radical (unpaired) electrons. The molecule has 0 bridgehead atoms. The summed E-state index contributed by atoms with van der Waals surface area (Å²) < 4.78 is 57.3. The predicted molar refractivity (Wildman–Crippen MR) is 62.6 cm³/mol. The fourth-order valence-electron chi connectivity index (χ4n) is 1.50. The molecule has 0 unspecified atom stereocenters. The summed E-state index contributed by atoms with van der Waals surface area (Å²) in [5.41, 5.74) is -0.923. The zero-order valence-corrected chi connectivity index (χ0v) is 10.3. The first kappa shape index (κ1) is 15.4. The molecule has 0 N–H and O–H groups in total. The summed E-state index contributed by atoms with van der Waals surface area (Å²) in [6.07, 6.45) is 0.295. The van der Waals surface area contributed by atoms with Crippen molar-refractivity contribution in [2.45, 2.75) is 0 Å². The number of carbonyl (C=O) groups excluding carboxylic acids is 1. The van der Waals surface area contributed by atoms with Gasteiger partial charge in [0.15, 0.2) is 0 Å². The number of benzene rings is 1. The highest BCUT2D eigenvalue weighted by Gasteiger charge is 2.26. The molecule has 1 aromatic carbocycles. The van der Waals surface area contributed by atoms with E-state index in [1.165, 1.54) is 0 Å². The molecular formula is C12H4F4N2O4. The number of nitro benzene ring substituents is 1. The molecular weight excluding hydrogens is 312 g/mol. The fourth-order valence-corrected chi connectivity index (χ4v) is 1.50. The van der Waals surface area contributed by atoms with Gasteiger partial charge in [-0.1, -0.05) is 0 Å². The second-order valence-electron chi connectivity index (χ2n) is 3.85. The summed E-state index contributed by atoms with van der Waals surface area (Å²) in [7, 11) is 0. The number of hydrogen-bond acceptors (Lipinski definition) is 5. The number of nitrogens with zero attached hydrogens (tertiary/aromatic N) is 2. The monoisotopic (exact) mass is 316 g/mol. The topological polar surface area (TPSA) is 82.3 Å². The van der Waals surface area contributed by atoms with Crippen LogP contribution in [0.1, 0.15) is 10.4 Å². The van der Waals surface area contributed by atoms with Crippen molar-refractivity contribution in [3.63, 3.8) is 0 Å². The maximum absolute atomic E-state index is 13.4. The first-order valence-corrected chi connectivity index (χ1v) is 5.46. The van der Waals surface area contributed by atoms with Gasteiger partial charge in [0, 0.05) is 11.6 Å². The van der Waals surface area contributed by atoms with Crippen molar-refractivity contribution in [3.05, 3.63) is 57.4 Å². The molecule has 0 atom stereocenters. The van der Waals surface area contributed by atoms with Crippen LogP contribution in [0.4, 0.5) is 23.2 Å². The highest BCUT2D eigenvalue weighted by Crippen LogP contribution is 2.35. The number of halogens is 4. The molecule has 2 aromatic rings. The van der Waals surface area contributed by atoms with Crippen molar-refractivity contribution in [2.75, 3.05) is 0 Å². The van der Waals surface area contributed by atoms with Gasteiger partial charge in [0.1, 0.15) is 6.29 Å². The van der Waals surface area contributed by atoms with Crippen molar-refractivity contribution >= 4 is 12.0 Å². The zero-order valence-electron chi connectivity index (χ0n) is 10.3. The molecule has 0 saturated heterocycles. The van der Waals surface area contributed by atoms with E-state index in [1.807, 2.05) is 0 Å². The number of rotatable bonds is 4. The molecule has 0 spiro atoms. The van der Waals surface area contributed by atoms with Gasteiger partial charge >= 0.3 is 5.69 Å². The summed E-state index contributed by atoms with van der Waals surface area (Å²) in [6, 6.07) is 2.68. The quantitative estimate of drug-likeness (QED) is 0.284. The average Bonchev–Trinajstić information content (AvgIpc) is 2.49. The molecule has 114 valence electrons. The molecule has 0 amide bonds. The lowest BCUT2D eigenvalue weighted by Gasteiger charge is -2.09. The van der Waals surface area contributed by atoms with Crippen LogP contribution >= 0.6 is 0 Å². The number of nitro groups is 1. The van der Waals surface area contributed by atoms with E-state index >= 15 is 0 Å². The van der Waals surface area contributed by atoms with E-state index in [-0.39, 0.29) is 5.56 Å². The van der Waals surface area contributed by atoms with Crippen LogP contribution in [0.15, 0.2) is 18.2 Å². The van der Waals surface area contributed by atoms with E-state index < -0.39 is 45.6 Å². The third kappa shape index (κ3) is 2.71. The van der Waals surface area contributed by atoms with E-state index in [9.17, 15) is 32.5 Å². The van der Waals surface area contributed by atoms with E-state index in [4.69, 9.17) is 0 Å². The average molecular weight is 316 g/mol. The maximum Gasteiger partial charge on any atom is 0.312 e. The first-order valence-electron chi connectivity index (χ1n) is 5.46. The van der Waals surface area contributed by atoms with E-state index in [0.717, 1.165) is 18.2 Å². The molecule has 1 aromatic heterocycles. The normalized spacial score (nSPS) is 10.4. The van der Waals surface area contributed by atoms with Gasteiger partial charge in [-0.15, -0.1) is 0 Å². The third-order valence-electron chi connectivity index (χ3n) is 2.49. The lowest BCUT2D eigenvalue weighted by molar-refractivity contribution is -0.385. The van der Waals surface area contributed by atoms with Crippen LogP contribution in [0.5, 0.6) is 11.5 Å². The van der Waals surface area contributed by atoms with Crippen LogP contribution in [-0.2, 0) is 0 Å². The number of pyridine rings is 1. The molecule has 0 aliphatic rings. The lowest BCUT2D eigenvalue weighted by atomic mass is 10.2. The highest BCUT2D eigenvalue weighted by atomic mass is 19.2. The summed E-state index contributed by atoms with van der Waals surface area (Å²) in [6.45, 7) is 0. The van der Waals surface area contributed by atoms with E-state index in [1.54, 1.807) is 0 Å².